The number of hydrogen-bond acceptors (Lipinski definition) is 4. The number of carboxylic acids is 1. The molecule has 0 saturated carbocycles. The van der Waals surface area contributed by atoms with E-state index in [1.54, 1.807) is 6.92 Å². The summed E-state index contributed by atoms with van der Waals surface area (Å²) in [5, 5.41) is 9.08. The first-order chi connectivity index (χ1) is 11.9. The summed E-state index contributed by atoms with van der Waals surface area (Å²) in [6.07, 6.45) is -4.85. The van der Waals surface area contributed by atoms with Crippen LogP contribution in [-0.2, 0) is 10.0 Å². The highest BCUT2D eigenvalue weighted by atomic mass is 32.2. The zero-order valence-electron chi connectivity index (χ0n) is 13.6. The van der Waals surface area contributed by atoms with Crippen molar-refractivity contribution in [2.75, 3.05) is 4.72 Å². The first-order valence-corrected chi connectivity index (χ1v) is 8.60. The Kier molecular flexibility index (Phi) is 5.17. The normalized spacial score (nSPS) is 11.9. The Morgan fingerprint density at radius 1 is 1.12 bits per heavy atom. The van der Waals surface area contributed by atoms with Crippen molar-refractivity contribution in [1.29, 1.82) is 0 Å². The van der Waals surface area contributed by atoms with Gasteiger partial charge in [0.25, 0.3) is 10.0 Å². The molecule has 26 heavy (non-hydrogen) atoms. The maximum absolute atomic E-state index is 12.5. The summed E-state index contributed by atoms with van der Waals surface area (Å²) in [7, 11) is -4.15. The van der Waals surface area contributed by atoms with E-state index >= 15 is 0 Å². The number of ether oxygens (including phenoxy) is 1. The molecule has 0 atom stereocenters. The summed E-state index contributed by atoms with van der Waals surface area (Å²) >= 11 is 0. The Bertz CT molecular complexity index is 938. The van der Waals surface area contributed by atoms with Crippen molar-refractivity contribution >= 4 is 21.7 Å². The molecule has 0 radical (unpaired) electrons. The number of rotatable bonds is 5. The van der Waals surface area contributed by atoms with Crippen molar-refractivity contribution in [2.24, 2.45) is 0 Å². The molecule has 2 aromatic rings. The second-order valence-corrected chi connectivity index (χ2v) is 7.05. The number of anilines is 1. The molecule has 0 unspecified atom stereocenters. The molecule has 0 fully saturated rings. The molecule has 140 valence electrons. The van der Waals surface area contributed by atoms with E-state index in [1.165, 1.54) is 13.0 Å². The largest absolute Gasteiger partial charge is 0.573 e. The molecule has 0 aliphatic rings. The van der Waals surface area contributed by atoms with Crippen LogP contribution in [0.25, 0.3) is 0 Å². The third-order valence-corrected chi connectivity index (χ3v) is 5.00. The highest BCUT2D eigenvalue weighted by Gasteiger charge is 2.31. The molecule has 2 N–H and O–H groups in total. The summed E-state index contributed by atoms with van der Waals surface area (Å²) in [6.45, 7) is 3.10. The van der Waals surface area contributed by atoms with Crippen molar-refractivity contribution in [3.63, 3.8) is 0 Å². The summed E-state index contributed by atoms with van der Waals surface area (Å²) in [5.41, 5.74) is 0.637. The summed E-state index contributed by atoms with van der Waals surface area (Å²) in [4.78, 5) is 10.9. The van der Waals surface area contributed by atoms with Crippen LogP contribution in [0.5, 0.6) is 5.75 Å². The molecule has 2 rings (SSSR count). The molecular formula is C16H14F3NO5S. The van der Waals surface area contributed by atoms with Crippen molar-refractivity contribution in [2.45, 2.75) is 25.1 Å². The van der Waals surface area contributed by atoms with E-state index in [9.17, 15) is 26.4 Å². The molecule has 10 heteroatoms. The van der Waals surface area contributed by atoms with Gasteiger partial charge in [0.05, 0.1) is 10.5 Å². The Morgan fingerprint density at radius 2 is 1.69 bits per heavy atom. The van der Waals surface area contributed by atoms with Gasteiger partial charge in [-0.2, -0.15) is 0 Å². The van der Waals surface area contributed by atoms with Crippen LogP contribution in [0.15, 0.2) is 41.3 Å². The zero-order chi connectivity index (χ0) is 19.7. The summed E-state index contributed by atoms with van der Waals surface area (Å²) < 4.78 is 67.4. The number of aromatic carboxylic acids is 1. The average molecular weight is 389 g/mol. The van der Waals surface area contributed by atoms with Crippen LogP contribution in [0.1, 0.15) is 21.5 Å². The number of nitrogens with one attached hydrogen (secondary N) is 1. The van der Waals surface area contributed by atoms with E-state index in [2.05, 4.69) is 9.46 Å². The predicted molar refractivity (Wildman–Crippen MR) is 86.8 cm³/mol. The quantitative estimate of drug-likeness (QED) is 0.813. The van der Waals surface area contributed by atoms with Crippen molar-refractivity contribution in [1.82, 2.24) is 0 Å². The predicted octanol–water partition coefficient (Wildman–Crippen LogP) is 3.70. The van der Waals surface area contributed by atoms with Gasteiger partial charge < -0.3 is 9.84 Å². The number of benzene rings is 2. The van der Waals surface area contributed by atoms with Crippen LogP contribution < -0.4 is 9.46 Å². The maximum atomic E-state index is 12.5. The van der Waals surface area contributed by atoms with Crippen molar-refractivity contribution < 1.29 is 36.2 Å². The molecule has 0 aliphatic carbocycles. The average Bonchev–Trinajstić information content (AvgIpc) is 2.49. The van der Waals surface area contributed by atoms with Gasteiger partial charge >= 0.3 is 12.3 Å². The lowest BCUT2D eigenvalue weighted by Crippen LogP contribution is -2.17. The minimum Gasteiger partial charge on any atom is -0.478 e. The first-order valence-electron chi connectivity index (χ1n) is 7.12. The van der Waals surface area contributed by atoms with E-state index in [4.69, 9.17) is 5.11 Å². The van der Waals surface area contributed by atoms with E-state index in [0.29, 0.717) is 11.1 Å². The smallest absolute Gasteiger partial charge is 0.478 e. The highest BCUT2D eigenvalue weighted by molar-refractivity contribution is 7.92. The topological polar surface area (TPSA) is 92.7 Å². The minimum absolute atomic E-state index is 0.00249. The van der Waals surface area contributed by atoms with E-state index in [0.717, 1.165) is 30.3 Å². The van der Waals surface area contributed by atoms with Gasteiger partial charge in [-0.3, -0.25) is 4.72 Å². The van der Waals surface area contributed by atoms with Crippen LogP contribution in [0.3, 0.4) is 0 Å². The second kappa shape index (κ2) is 6.87. The molecule has 2 aromatic carbocycles. The summed E-state index contributed by atoms with van der Waals surface area (Å²) in [5.74, 6) is -1.78. The SMILES string of the molecule is Cc1cc(C(=O)O)cc(S(=O)(=O)Nc2ccc(OC(F)(F)F)cc2)c1C. The first kappa shape index (κ1) is 19.6. The lowest BCUT2D eigenvalue weighted by atomic mass is 10.1. The number of carboxylic acid groups (broad SMARTS) is 1. The number of halogens is 3. The van der Waals surface area contributed by atoms with Crippen LogP contribution in [0.4, 0.5) is 18.9 Å². The lowest BCUT2D eigenvalue weighted by molar-refractivity contribution is -0.274. The number of hydrogen-bond donors (Lipinski definition) is 2. The number of alkyl halides is 3. The standard InChI is InChI=1S/C16H14F3NO5S/c1-9-7-11(15(21)22)8-14(10(9)2)26(23,24)20-12-3-5-13(6-4-12)25-16(17,18)19/h3-8,20H,1-2H3,(H,21,22). The lowest BCUT2D eigenvalue weighted by Gasteiger charge is -2.14. The Balaban J connectivity index is 2.33. The number of carbonyl (C=O) groups is 1. The Labute approximate surface area is 147 Å². The van der Waals surface area contributed by atoms with Crippen LogP contribution in [0, 0.1) is 13.8 Å². The van der Waals surface area contributed by atoms with Gasteiger partial charge in [0.2, 0.25) is 0 Å². The van der Waals surface area contributed by atoms with E-state index < -0.39 is 28.1 Å². The van der Waals surface area contributed by atoms with E-state index in [-0.39, 0.29) is 16.1 Å². The van der Waals surface area contributed by atoms with Crippen LogP contribution in [0.2, 0.25) is 0 Å². The Morgan fingerprint density at radius 3 is 2.19 bits per heavy atom. The van der Waals surface area contributed by atoms with Gasteiger partial charge in [-0.15, -0.1) is 13.2 Å². The fourth-order valence-corrected chi connectivity index (χ4v) is 3.57. The maximum Gasteiger partial charge on any atom is 0.573 e. The Hall–Kier alpha value is -2.75. The summed E-state index contributed by atoms with van der Waals surface area (Å²) in [6, 6.07) is 6.48. The van der Waals surface area contributed by atoms with Crippen LogP contribution >= 0.6 is 0 Å². The molecular weight excluding hydrogens is 375 g/mol. The second-order valence-electron chi connectivity index (χ2n) is 5.40. The third kappa shape index (κ3) is 4.66. The molecule has 6 nitrogen and oxygen atoms in total. The van der Waals surface area contributed by atoms with Gasteiger partial charge in [-0.25, -0.2) is 13.2 Å². The molecule has 0 heterocycles. The molecule has 0 aromatic heterocycles. The fraction of sp³-hybridized carbons (Fsp3) is 0.188. The third-order valence-electron chi connectivity index (χ3n) is 3.50. The minimum atomic E-state index is -4.85. The van der Waals surface area contributed by atoms with Gasteiger partial charge in [0, 0.05) is 5.69 Å². The highest BCUT2D eigenvalue weighted by Crippen LogP contribution is 2.27. The van der Waals surface area contributed by atoms with Gasteiger partial charge in [0.1, 0.15) is 5.75 Å². The fourth-order valence-electron chi connectivity index (χ4n) is 2.16. The van der Waals surface area contributed by atoms with Crippen LogP contribution in [-0.4, -0.2) is 25.9 Å². The molecule has 0 spiro atoms. The van der Waals surface area contributed by atoms with Gasteiger partial charge in [-0.1, -0.05) is 0 Å². The van der Waals surface area contributed by atoms with Crippen molar-refractivity contribution in [3.05, 3.63) is 53.1 Å². The van der Waals surface area contributed by atoms with Crippen molar-refractivity contribution in [3.8, 4) is 5.75 Å². The van der Waals surface area contributed by atoms with E-state index in [1.807, 2.05) is 0 Å². The number of sulfonamides is 1. The zero-order valence-corrected chi connectivity index (χ0v) is 14.4. The van der Waals surface area contributed by atoms with Gasteiger partial charge in [0.15, 0.2) is 0 Å². The molecule has 0 saturated heterocycles. The molecule has 0 aliphatic heterocycles. The molecule has 0 amide bonds. The van der Waals surface area contributed by atoms with Gasteiger partial charge in [-0.05, 0) is 61.4 Å². The monoisotopic (exact) mass is 389 g/mol. The number of aryl methyl sites for hydroxylation is 1. The molecule has 0 bridgehead atoms.